The highest BCUT2D eigenvalue weighted by molar-refractivity contribution is 7.22. The van der Waals surface area contributed by atoms with Crippen molar-refractivity contribution in [1.82, 2.24) is 34.1 Å². The number of thiophene rings is 1. The Morgan fingerprint density at radius 2 is 1.84 bits per heavy atom. The van der Waals surface area contributed by atoms with Gasteiger partial charge in [0.2, 0.25) is 0 Å². The Labute approximate surface area is 188 Å². The molecule has 32 heavy (non-hydrogen) atoms. The molecule has 0 aliphatic heterocycles. The number of nitrogens with zero attached hydrogens (tertiary/aromatic N) is 6. The Morgan fingerprint density at radius 3 is 2.69 bits per heavy atom. The smallest absolute Gasteiger partial charge is 0.306 e. The van der Waals surface area contributed by atoms with E-state index in [0.29, 0.717) is 26.4 Å². The molecule has 0 aliphatic rings. The van der Waals surface area contributed by atoms with E-state index < -0.39 is 11.2 Å². The second kappa shape index (κ2) is 6.62. The van der Waals surface area contributed by atoms with Gasteiger partial charge in [-0.1, -0.05) is 11.6 Å². The van der Waals surface area contributed by atoms with Gasteiger partial charge in [-0.25, -0.2) is 9.36 Å². The van der Waals surface area contributed by atoms with E-state index in [1.165, 1.54) is 17.5 Å². The number of hydrogen-bond donors (Lipinski definition) is 1. The Morgan fingerprint density at radius 1 is 1.03 bits per heavy atom. The van der Waals surface area contributed by atoms with Crippen LogP contribution in [0.4, 0.5) is 0 Å². The number of benzene rings is 1. The number of H-pyrrole nitrogens is 1. The van der Waals surface area contributed by atoms with E-state index in [2.05, 4.69) is 20.2 Å². The van der Waals surface area contributed by atoms with Gasteiger partial charge in [-0.3, -0.25) is 19.1 Å². The number of aromatic nitrogens is 7. The topological polar surface area (TPSA) is 103 Å². The Bertz CT molecular complexity index is 1820. The number of nitrogens with one attached hydrogen (secondary N) is 1. The summed E-state index contributed by atoms with van der Waals surface area (Å²) in [6.07, 6.45) is 6.53. The van der Waals surface area contributed by atoms with E-state index in [1.807, 2.05) is 13.1 Å². The molecule has 6 rings (SSSR count). The average Bonchev–Trinajstić information content (AvgIpc) is 3.46. The summed E-state index contributed by atoms with van der Waals surface area (Å²) >= 11 is 7.82. The average molecular weight is 464 g/mol. The SMILES string of the molecule is Cn1ncc2c(-c3cc4[nH]c(=O)n(-c5cncc6cnn(C)c56)c(=O)c4s3)c(Cl)ccc21. The van der Waals surface area contributed by atoms with Crippen molar-refractivity contribution in [2.24, 2.45) is 14.1 Å². The molecule has 0 unspecified atom stereocenters. The molecule has 0 saturated heterocycles. The number of aryl methyl sites for hydroxylation is 2. The molecule has 5 heterocycles. The Kier molecular flexibility index (Phi) is 3.92. The first-order chi connectivity index (χ1) is 15.4. The molecular weight excluding hydrogens is 450 g/mol. The second-order valence-corrected chi connectivity index (χ2v) is 8.87. The van der Waals surface area contributed by atoms with Crippen LogP contribution < -0.4 is 11.2 Å². The summed E-state index contributed by atoms with van der Waals surface area (Å²) in [5.41, 5.74) is 2.20. The van der Waals surface area contributed by atoms with Crippen LogP contribution in [0.5, 0.6) is 0 Å². The van der Waals surface area contributed by atoms with Gasteiger partial charge in [-0.2, -0.15) is 10.2 Å². The molecule has 0 atom stereocenters. The number of pyridine rings is 1. The fraction of sp³-hybridized carbons (Fsp3) is 0.0952. The molecule has 0 bridgehead atoms. The van der Waals surface area contributed by atoms with E-state index in [-0.39, 0.29) is 0 Å². The van der Waals surface area contributed by atoms with Gasteiger partial charge in [0, 0.05) is 41.5 Å². The van der Waals surface area contributed by atoms with Gasteiger partial charge in [0.1, 0.15) is 4.70 Å². The van der Waals surface area contributed by atoms with Crippen molar-refractivity contribution in [2.45, 2.75) is 0 Å². The van der Waals surface area contributed by atoms with Gasteiger partial charge in [-0.15, -0.1) is 11.3 Å². The summed E-state index contributed by atoms with van der Waals surface area (Å²) in [5.74, 6) is 0. The first-order valence-electron chi connectivity index (χ1n) is 9.59. The van der Waals surface area contributed by atoms with Crippen LogP contribution in [0.1, 0.15) is 0 Å². The van der Waals surface area contributed by atoms with E-state index in [1.54, 1.807) is 47.1 Å². The van der Waals surface area contributed by atoms with Gasteiger partial charge in [-0.05, 0) is 18.2 Å². The first kappa shape index (κ1) is 19.0. The monoisotopic (exact) mass is 463 g/mol. The van der Waals surface area contributed by atoms with Gasteiger partial charge in [0.15, 0.2) is 0 Å². The molecule has 0 radical (unpaired) electrons. The fourth-order valence-corrected chi connectivity index (χ4v) is 5.52. The quantitative estimate of drug-likeness (QED) is 0.424. The normalized spacial score (nSPS) is 11.8. The van der Waals surface area contributed by atoms with Gasteiger partial charge in [0.25, 0.3) is 5.56 Å². The van der Waals surface area contributed by atoms with Crippen molar-refractivity contribution in [3.05, 3.63) is 68.8 Å². The number of fused-ring (bicyclic) bond motifs is 3. The minimum absolute atomic E-state index is 0.373. The molecule has 1 aromatic carbocycles. The molecule has 0 aliphatic carbocycles. The third-order valence-electron chi connectivity index (χ3n) is 5.56. The van der Waals surface area contributed by atoms with Gasteiger partial charge >= 0.3 is 5.69 Å². The Balaban J connectivity index is 1.66. The second-order valence-electron chi connectivity index (χ2n) is 7.41. The maximum atomic E-state index is 13.5. The molecule has 158 valence electrons. The zero-order valence-corrected chi connectivity index (χ0v) is 18.4. The summed E-state index contributed by atoms with van der Waals surface area (Å²) in [5, 5.41) is 10.7. The van der Waals surface area contributed by atoms with Crippen molar-refractivity contribution < 1.29 is 0 Å². The molecule has 0 spiro atoms. The highest BCUT2D eigenvalue weighted by Crippen LogP contribution is 2.40. The van der Waals surface area contributed by atoms with Crippen LogP contribution in [0.15, 0.2) is 52.6 Å². The molecular formula is C21H14ClN7O2S. The lowest BCUT2D eigenvalue weighted by atomic mass is 10.1. The third-order valence-corrected chi connectivity index (χ3v) is 7.02. The van der Waals surface area contributed by atoms with Crippen LogP contribution in [0, 0.1) is 0 Å². The van der Waals surface area contributed by atoms with Crippen LogP contribution in [-0.4, -0.2) is 34.1 Å². The minimum Gasteiger partial charge on any atom is -0.306 e. The zero-order valence-electron chi connectivity index (χ0n) is 16.8. The highest BCUT2D eigenvalue weighted by Gasteiger charge is 2.19. The van der Waals surface area contributed by atoms with E-state index in [0.717, 1.165) is 31.3 Å². The fourth-order valence-electron chi connectivity index (χ4n) is 4.08. The molecule has 11 heteroatoms. The van der Waals surface area contributed by atoms with E-state index in [9.17, 15) is 9.59 Å². The van der Waals surface area contributed by atoms with Crippen molar-refractivity contribution >= 4 is 55.0 Å². The van der Waals surface area contributed by atoms with Crippen molar-refractivity contribution in [1.29, 1.82) is 0 Å². The molecule has 9 nitrogen and oxygen atoms in total. The van der Waals surface area contributed by atoms with Crippen LogP contribution in [0.2, 0.25) is 5.02 Å². The van der Waals surface area contributed by atoms with Crippen LogP contribution in [0.25, 0.3) is 48.2 Å². The summed E-state index contributed by atoms with van der Waals surface area (Å²) < 4.78 is 4.89. The lowest BCUT2D eigenvalue weighted by Gasteiger charge is -2.06. The van der Waals surface area contributed by atoms with Crippen LogP contribution in [0.3, 0.4) is 0 Å². The van der Waals surface area contributed by atoms with Crippen LogP contribution in [-0.2, 0) is 14.1 Å². The largest absolute Gasteiger partial charge is 0.333 e. The predicted octanol–water partition coefficient (Wildman–Crippen LogP) is 3.23. The van der Waals surface area contributed by atoms with E-state index in [4.69, 9.17) is 11.6 Å². The number of aromatic amines is 1. The molecule has 5 aromatic heterocycles. The van der Waals surface area contributed by atoms with Crippen molar-refractivity contribution in [2.75, 3.05) is 0 Å². The standard InChI is InChI=1S/C21H14ClN7O2S/c1-27-14-4-3-12(22)17(11(14)8-25-27)16-5-13-19(32-16)20(30)29(21(31)26-13)15-9-23-6-10-7-24-28(2)18(10)15/h3-9H,1-2H3,(H,26,31). The lowest BCUT2D eigenvalue weighted by Crippen LogP contribution is -2.33. The minimum atomic E-state index is -0.548. The summed E-state index contributed by atoms with van der Waals surface area (Å²) in [7, 11) is 3.61. The molecule has 0 saturated carbocycles. The number of halogens is 1. The lowest BCUT2D eigenvalue weighted by molar-refractivity contribution is 0.788. The van der Waals surface area contributed by atoms with Crippen LogP contribution >= 0.6 is 22.9 Å². The molecule has 1 N–H and O–H groups in total. The molecule has 6 aromatic rings. The maximum absolute atomic E-state index is 13.5. The number of rotatable bonds is 2. The molecule has 0 amide bonds. The van der Waals surface area contributed by atoms with E-state index >= 15 is 0 Å². The van der Waals surface area contributed by atoms with Crippen molar-refractivity contribution in [3.8, 4) is 16.1 Å². The third kappa shape index (κ3) is 2.53. The number of hydrogen-bond acceptors (Lipinski definition) is 6. The molecule has 0 fully saturated rings. The first-order valence-corrected chi connectivity index (χ1v) is 10.8. The predicted molar refractivity (Wildman–Crippen MR) is 125 cm³/mol. The van der Waals surface area contributed by atoms with Gasteiger partial charge in [0.05, 0.1) is 45.9 Å². The summed E-state index contributed by atoms with van der Waals surface area (Å²) in [4.78, 5) is 34.2. The highest BCUT2D eigenvalue weighted by atomic mass is 35.5. The van der Waals surface area contributed by atoms with Crippen molar-refractivity contribution in [3.63, 3.8) is 0 Å². The van der Waals surface area contributed by atoms with Gasteiger partial charge < -0.3 is 4.98 Å². The Hall–Kier alpha value is -3.76. The summed E-state index contributed by atoms with van der Waals surface area (Å²) in [6.45, 7) is 0. The zero-order chi connectivity index (χ0) is 22.1. The summed E-state index contributed by atoms with van der Waals surface area (Å²) in [6, 6.07) is 5.49. The maximum Gasteiger partial charge on any atom is 0.333 e.